The number of hydrogen-bond donors (Lipinski definition) is 0. The van der Waals surface area contributed by atoms with Gasteiger partial charge in [0.1, 0.15) is 0 Å². The maximum Gasteiger partial charge on any atom is 0.243 e. The number of rotatable bonds is 3. The van der Waals surface area contributed by atoms with Gasteiger partial charge in [-0.25, -0.2) is 8.42 Å². The van der Waals surface area contributed by atoms with Crippen LogP contribution in [-0.2, 0) is 10.0 Å². The van der Waals surface area contributed by atoms with Crippen LogP contribution in [0.2, 0.25) is 0 Å². The van der Waals surface area contributed by atoms with Gasteiger partial charge in [-0.15, -0.1) is 0 Å². The molecule has 2 heterocycles. The average Bonchev–Trinajstić information content (AvgIpc) is 2.56. The molecule has 2 aromatic rings. The van der Waals surface area contributed by atoms with Crippen LogP contribution in [0, 0.1) is 6.92 Å². The largest absolute Gasteiger partial charge is 0.260 e. The number of aromatic nitrogens is 1. The molecule has 0 radical (unpaired) electrons. The smallest absolute Gasteiger partial charge is 0.243 e. The summed E-state index contributed by atoms with van der Waals surface area (Å²) in [6, 6.07) is 12.6. The van der Waals surface area contributed by atoms with Crippen LogP contribution in [0.1, 0.15) is 36.6 Å². The van der Waals surface area contributed by atoms with Crippen molar-refractivity contribution >= 4 is 10.0 Å². The highest BCUT2D eigenvalue weighted by Gasteiger charge is 2.34. The van der Waals surface area contributed by atoms with E-state index in [0.29, 0.717) is 11.4 Å². The lowest BCUT2D eigenvalue weighted by Crippen LogP contribution is -2.38. The molecule has 0 amide bonds. The molecule has 1 aliphatic rings. The summed E-state index contributed by atoms with van der Waals surface area (Å²) in [5.74, 6) is 0. The zero-order valence-electron chi connectivity index (χ0n) is 12.6. The Balaban J connectivity index is 1.98. The Morgan fingerprint density at radius 3 is 2.55 bits per heavy atom. The molecule has 4 nitrogen and oxygen atoms in total. The number of hydrogen-bond acceptors (Lipinski definition) is 3. The third-order valence-electron chi connectivity index (χ3n) is 4.11. The SMILES string of the molecule is Cc1ccc(S(=O)(=O)N2CCCC[C@@H]2c2ccccn2)cc1. The van der Waals surface area contributed by atoms with Gasteiger partial charge < -0.3 is 0 Å². The summed E-state index contributed by atoms with van der Waals surface area (Å²) in [5.41, 5.74) is 1.89. The van der Waals surface area contributed by atoms with Crippen LogP contribution in [0.3, 0.4) is 0 Å². The van der Waals surface area contributed by atoms with Crippen molar-refractivity contribution in [1.82, 2.24) is 9.29 Å². The van der Waals surface area contributed by atoms with Crippen molar-refractivity contribution in [3.63, 3.8) is 0 Å². The molecule has 1 aromatic carbocycles. The van der Waals surface area contributed by atoms with E-state index in [-0.39, 0.29) is 6.04 Å². The summed E-state index contributed by atoms with van der Waals surface area (Å²) >= 11 is 0. The van der Waals surface area contributed by atoms with Crippen LogP contribution in [0.4, 0.5) is 0 Å². The van der Waals surface area contributed by atoms with E-state index in [2.05, 4.69) is 4.98 Å². The lowest BCUT2D eigenvalue weighted by atomic mass is 10.0. The molecule has 1 atom stereocenters. The average molecular weight is 316 g/mol. The van der Waals surface area contributed by atoms with Crippen molar-refractivity contribution in [3.8, 4) is 0 Å². The molecule has 0 aliphatic carbocycles. The van der Waals surface area contributed by atoms with Gasteiger partial charge in [-0.05, 0) is 44.0 Å². The third-order valence-corrected chi connectivity index (χ3v) is 6.03. The first kappa shape index (κ1) is 15.2. The minimum absolute atomic E-state index is 0.166. The topological polar surface area (TPSA) is 50.3 Å². The molecular formula is C17H20N2O2S. The molecule has 0 spiro atoms. The Morgan fingerprint density at radius 2 is 1.86 bits per heavy atom. The van der Waals surface area contributed by atoms with Crippen LogP contribution < -0.4 is 0 Å². The normalized spacial score (nSPS) is 20.0. The lowest BCUT2D eigenvalue weighted by Gasteiger charge is -2.34. The highest BCUT2D eigenvalue weighted by Crippen LogP contribution is 2.34. The Hall–Kier alpha value is -1.72. The van der Waals surface area contributed by atoms with E-state index in [9.17, 15) is 8.42 Å². The second-order valence-electron chi connectivity index (χ2n) is 5.69. The summed E-state index contributed by atoms with van der Waals surface area (Å²) in [6.07, 6.45) is 4.47. The van der Waals surface area contributed by atoms with Crippen molar-refractivity contribution < 1.29 is 8.42 Å². The Labute approximate surface area is 131 Å². The fourth-order valence-corrected chi connectivity index (χ4v) is 4.58. The zero-order chi connectivity index (χ0) is 15.6. The predicted octanol–water partition coefficient (Wildman–Crippen LogP) is 3.31. The first-order valence-corrected chi connectivity index (χ1v) is 9.02. The van der Waals surface area contributed by atoms with Crippen LogP contribution in [-0.4, -0.2) is 24.3 Å². The molecular weight excluding hydrogens is 296 g/mol. The van der Waals surface area contributed by atoms with Crippen LogP contribution in [0.15, 0.2) is 53.6 Å². The van der Waals surface area contributed by atoms with Crippen LogP contribution in [0.25, 0.3) is 0 Å². The van der Waals surface area contributed by atoms with Gasteiger partial charge in [0.2, 0.25) is 10.0 Å². The number of piperidine rings is 1. The van der Waals surface area contributed by atoms with Crippen LogP contribution in [0.5, 0.6) is 0 Å². The quantitative estimate of drug-likeness (QED) is 0.873. The Morgan fingerprint density at radius 1 is 1.09 bits per heavy atom. The van der Waals surface area contributed by atoms with E-state index in [1.165, 1.54) is 0 Å². The number of nitrogens with zero attached hydrogens (tertiary/aromatic N) is 2. The van der Waals surface area contributed by atoms with Crippen molar-refractivity contribution in [2.45, 2.75) is 37.1 Å². The number of sulfonamides is 1. The van der Waals surface area contributed by atoms with Gasteiger partial charge in [-0.2, -0.15) is 4.31 Å². The van der Waals surface area contributed by atoms with Gasteiger partial charge in [0.15, 0.2) is 0 Å². The van der Waals surface area contributed by atoms with E-state index in [1.54, 1.807) is 22.6 Å². The summed E-state index contributed by atoms with van der Waals surface area (Å²) in [7, 11) is -3.48. The molecule has 0 unspecified atom stereocenters. The van der Waals surface area contributed by atoms with E-state index in [0.717, 1.165) is 30.5 Å². The highest BCUT2D eigenvalue weighted by molar-refractivity contribution is 7.89. The van der Waals surface area contributed by atoms with Gasteiger partial charge in [0.05, 0.1) is 16.6 Å². The summed E-state index contributed by atoms with van der Waals surface area (Å²) in [6.45, 7) is 2.51. The first-order valence-electron chi connectivity index (χ1n) is 7.58. The monoisotopic (exact) mass is 316 g/mol. The fourth-order valence-electron chi connectivity index (χ4n) is 2.91. The van der Waals surface area contributed by atoms with Crippen molar-refractivity contribution in [2.24, 2.45) is 0 Å². The molecule has 1 aliphatic heterocycles. The molecule has 1 saturated heterocycles. The molecule has 0 bridgehead atoms. The fraction of sp³-hybridized carbons (Fsp3) is 0.353. The summed E-state index contributed by atoms with van der Waals surface area (Å²) in [5, 5.41) is 0. The van der Waals surface area contributed by atoms with Crippen molar-refractivity contribution in [2.75, 3.05) is 6.54 Å². The minimum atomic E-state index is -3.48. The molecule has 5 heteroatoms. The van der Waals surface area contributed by atoms with Crippen molar-refractivity contribution in [3.05, 3.63) is 59.9 Å². The molecule has 0 N–H and O–H groups in total. The number of benzene rings is 1. The first-order chi connectivity index (χ1) is 10.6. The van der Waals surface area contributed by atoms with Gasteiger partial charge in [-0.3, -0.25) is 4.98 Å². The molecule has 1 aromatic heterocycles. The lowest BCUT2D eigenvalue weighted by molar-refractivity contribution is 0.251. The Kier molecular flexibility index (Phi) is 4.27. The van der Waals surface area contributed by atoms with Crippen LogP contribution >= 0.6 is 0 Å². The van der Waals surface area contributed by atoms with E-state index >= 15 is 0 Å². The van der Waals surface area contributed by atoms with Gasteiger partial charge in [-0.1, -0.05) is 30.2 Å². The number of aryl methyl sites for hydroxylation is 1. The van der Waals surface area contributed by atoms with Gasteiger partial charge in [0.25, 0.3) is 0 Å². The molecule has 1 fully saturated rings. The Bertz CT molecular complexity index is 727. The van der Waals surface area contributed by atoms with E-state index in [1.807, 2.05) is 37.3 Å². The maximum absolute atomic E-state index is 13.0. The molecule has 116 valence electrons. The zero-order valence-corrected chi connectivity index (χ0v) is 13.5. The van der Waals surface area contributed by atoms with Gasteiger partial charge in [0, 0.05) is 12.7 Å². The molecule has 0 saturated carbocycles. The second kappa shape index (κ2) is 6.18. The number of pyridine rings is 1. The maximum atomic E-state index is 13.0. The second-order valence-corrected chi connectivity index (χ2v) is 7.59. The molecule has 22 heavy (non-hydrogen) atoms. The van der Waals surface area contributed by atoms with E-state index < -0.39 is 10.0 Å². The van der Waals surface area contributed by atoms with E-state index in [4.69, 9.17) is 0 Å². The standard InChI is InChI=1S/C17H20N2O2S/c1-14-8-10-15(11-9-14)22(20,21)19-13-5-3-7-17(19)16-6-2-4-12-18-16/h2,4,6,8-12,17H,3,5,7,13H2,1H3/t17-/m1/s1. The third kappa shape index (κ3) is 2.91. The minimum Gasteiger partial charge on any atom is -0.260 e. The highest BCUT2D eigenvalue weighted by atomic mass is 32.2. The van der Waals surface area contributed by atoms with Crippen molar-refractivity contribution in [1.29, 1.82) is 0 Å². The predicted molar refractivity (Wildman–Crippen MR) is 85.9 cm³/mol. The summed E-state index contributed by atoms with van der Waals surface area (Å²) in [4.78, 5) is 4.73. The molecule has 3 rings (SSSR count). The van der Waals surface area contributed by atoms with Gasteiger partial charge >= 0.3 is 0 Å². The summed E-state index contributed by atoms with van der Waals surface area (Å²) < 4.78 is 27.6.